The van der Waals surface area contributed by atoms with Gasteiger partial charge in [-0.15, -0.1) is 0 Å². The number of carbonyl (C=O) groups is 3. The Morgan fingerprint density at radius 3 is 2.81 bits per heavy atom. The van der Waals surface area contributed by atoms with Crippen molar-refractivity contribution < 1.29 is 24.2 Å². The molecule has 1 aliphatic rings. The molecule has 1 aromatic rings. The van der Waals surface area contributed by atoms with Crippen molar-refractivity contribution in [3.63, 3.8) is 0 Å². The highest BCUT2D eigenvalue weighted by atomic mass is 16.6. The number of hydrogen-bond donors (Lipinski definition) is 2. The van der Waals surface area contributed by atoms with Gasteiger partial charge in [0.1, 0.15) is 6.61 Å². The highest BCUT2D eigenvalue weighted by molar-refractivity contribution is 5.93. The summed E-state index contributed by atoms with van der Waals surface area (Å²) >= 11 is 0. The Kier molecular flexibility index (Phi) is 4.76. The topological polar surface area (TPSA) is 95.9 Å². The van der Waals surface area contributed by atoms with Gasteiger partial charge >= 0.3 is 12.1 Å². The van der Waals surface area contributed by atoms with Crippen LogP contribution in [0.4, 0.5) is 16.2 Å². The fraction of sp³-hybridized carbons (Fsp3) is 0.357. The zero-order valence-electron chi connectivity index (χ0n) is 11.4. The number of ether oxygens (including phenoxy) is 1. The first-order chi connectivity index (χ1) is 10.1. The van der Waals surface area contributed by atoms with E-state index in [4.69, 9.17) is 9.84 Å². The van der Waals surface area contributed by atoms with Gasteiger partial charge < -0.3 is 15.2 Å². The molecule has 7 heteroatoms. The lowest BCUT2D eigenvalue weighted by molar-refractivity contribution is -0.137. The third kappa shape index (κ3) is 4.20. The summed E-state index contributed by atoms with van der Waals surface area (Å²) in [6, 6.07) is 6.88. The van der Waals surface area contributed by atoms with Gasteiger partial charge in [-0.05, 0) is 24.6 Å². The van der Waals surface area contributed by atoms with Gasteiger partial charge in [-0.1, -0.05) is 6.07 Å². The Hall–Kier alpha value is -2.57. The van der Waals surface area contributed by atoms with Crippen LogP contribution in [0.3, 0.4) is 0 Å². The van der Waals surface area contributed by atoms with Crippen LogP contribution >= 0.6 is 0 Å². The Labute approximate surface area is 121 Å². The molecule has 1 heterocycles. The molecule has 21 heavy (non-hydrogen) atoms. The van der Waals surface area contributed by atoms with Crippen LogP contribution in [-0.4, -0.2) is 36.2 Å². The molecule has 0 aliphatic carbocycles. The van der Waals surface area contributed by atoms with Crippen LogP contribution in [-0.2, 0) is 14.3 Å². The molecule has 0 bridgehead atoms. The van der Waals surface area contributed by atoms with Crippen molar-refractivity contribution in [2.45, 2.75) is 19.3 Å². The van der Waals surface area contributed by atoms with Crippen LogP contribution < -0.4 is 10.2 Å². The van der Waals surface area contributed by atoms with E-state index in [0.717, 1.165) is 0 Å². The molecule has 2 N–H and O–H groups in total. The summed E-state index contributed by atoms with van der Waals surface area (Å²) in [4.78, 5) is 35.0. The molecule has 0 atom stereocenters. The number of aliphatic carboxylic acids is 1. The second-order valence-corrected chi connectivity index (χ2v) is 4.61. The van der Waals surface area contributed by atoms with Gasteiger partial charge in [-0.25, -0.2) is 4.79 Å². The van der Waals surface area contributed by atoms with Crippen molar-refractivity contribution >= 4 is 29.3 Å². The van der Waals surface area contributed by atoms with Gasteiger partial charge in [0, 0.05) is 24.2 Å². The Bertz CT molecular complexity index is 558. The number of rotatable bonds is 6. The Morgan fingerprint density at radius 2 is 2.14 bits per heavy atom. The van der Waals surface area contributed by atoms with Crippen LogP contribution in [0.5, 0.6) is 0 Å². The number of carboxylic acids is 1. The van der Waals surface area contributed by atoms with Crippen molar-refractivity contribution in [2.75, 3.05) is 23.4 Å². The number of anilines is 2. The largest absolute Gasteiger partial charge is 0.481 e. The molecule has 7 nitrogen and oxygen atoms in total. The molecule has 2 rings (SSSR count). The number of nitrogens with one attached hydrogen (secondary N) is 1. The lowest BCUT2D eigenvalue weighted by Gasteiger charge is -2.14. The van der Waals surface area contributed by atoms with Gasteiger partial charge in [0.25, 0.3) is 0 Å². The highest BCUT2D eigenvalue weighted by Gasteiger charge is 2.23. The summed E-state index contributed by atoms with van der Waals surface area (Å²) in [6.45, 7) is 0.833. The normalized spacial score (nSPS) is 13.9. The van der Waals surface area contributed by atoms with Crippen molar-refractivity contribution in [3.05, 3.63) is 24.3 Å². The Balaban J connectivity index is 1.93. The number of amides is 2. The molecule has 0 saturated carbocycles. The number of carboxylic acid groups (broad SMARTS) is 1. The number of benzene rings is 1. The zero-order chi connectivity index (χ0) is 15.2. The maximum absolute atomic E-state index is 11.7. The minimum atomic E-state index is -0.919. The molecule has 1 fully saturated rings. The molecule has 2 amide bonds. The monoisotopic (exact) mass is 292 g/mol. The summed E-state index contributed by atoms with van der Waals surface area (Å²) in [5.41, 5.74) is 1.22. The SMILES string of the molecule is O=C(O)CCCC(=O)Nc1cccc(N2CCOC2=O)c1. The van der Waals surface area contributed by atoms with Gasteiger partial charge in [-0.2, -0.15) is 0 Å². The molecule has 0 aromatic heterocycles. The van der Waals surface area contributed by atoms with E-state index in [1.54, 1.807) is 24.3 Å². The zero-order valence-corrected chi connectivity index (χ0v) is 11.4. The smallest absolute Gasteiger partial charge is 0.414 e. The van der Waals surface area contributed by atoms with Gasteiger partial charge in [0.2, 0.25) is 5.91 Å². The minimum Gasteiger partial charge on any atom is -0.481 e. The predicted octanol–water partition coefficient (Wildman–Crippen LogP) is 1.84. The van der Waals surface area contributed by atoms with E-state index in [1.807, 2.05) is 0 Å². The minimum absolute atomic E-state index is 0.0346. The van der Waals surface area contributed by atoms with E-state index in [1.165, 1.54) is 4.90 Å². The van der Waals surface area contributed by atoms with Crippen LogP contribution in [0.25, 0.3) is 0 Å². The molecular formula is C14H16N2O5. The number of hydrogen-bond acceptors (Lipinski definition) is 4. The van der Waals surface area contributed by atoms with Crippen molar-refractivity contribution in [1.82, 2.24) is 0 Å². The number of cyclic esters (lactones) is 1. The third-order valence-electron chi connectivity index (χ3n) is 3.00. The number of carbonyl (C=O) groups excluding carboxylic acids is 2. The summed E-state index contributed by atoms with van der Waals surface area (Å²) in [7, 11) is 0. The molecule has 1 saturated heterocycles. The maximum atomic E-state index is 11.7. The van der Waals surface area contributed by atoms with Gasteiger partial charge in [0.05, 0.1) is 6.54 Å². The quantitative estimate of drug-likeness (QED) is 0.834. The fourth-order valence-corrected chi connectivity index (χ4v) is 2.00. The highest BCUT2D eigenvalue weighted by Crippen LogP contribution is 2.22. The second kappa shape index (κ2) is 6.74. The van der Waals surface area contributed by atoms with Crippen LogP contribution in [0.15, 0.2) is 24.3 Å². The van der Waals surface area contributed by atoms with E-state index in [-0.39, 0.29) is 18.7 Å². The first-order valence-corrected chi connectivity index (χ1v) is 6.62. The van der Waals surface area contributed by atoms with Crippen molar-refractivity contribution in [1.29, 1.82) is 0 Å². The molecule has 1 aromatic carbocycles. The van der Waals surface area contributed by atoms with Crippen molar-refractivity contribution in [3.8, 4) is 0 Å². The van der Waals surface area contributed by atoms with E-state index >= 15 is 0 Å². The molecular weight excluding hydrogens is 276 g/mol. The Morgan fingerprint density at radius 1 is 1.33 bits per heavy atom. The van der Waals surface area contributed by atoms with Crippen LogP contribution in [0, 0.1) is 0 Å². The fourth-order valence-electron chi connectivity index (χ4n) is 2.00. The molecule has 112 valence electrons. The lowest BCUT2D eigenvalue weighted by Crippen LogP contribution is -2.23. The maximum Gasteiger partial charge on any atom is 0.414 e. The molecule has 1 aliphatic heterocycles. The summed E-state index contributed by atoms with van der Waals surface area (Å²) in [6.07, 6.45) is -0.00535. The average molecular weight is 292 g/mol. The van der Waals surface area contributed by atoms with Crippen LogP contribution in [0.2, 0.25) is 0 Å². The predicted molar refractivity (Wildman–Crippen MR) is 75.3 cm³/mol. The van der Waals surface area contributed by atoms with E-state index < -0.39 is 12.1 Å². The summed E-state index contributed by atoms with van der Waals surface area (Å²) in [5.74, 6) is -1.17. The number of nitrogens with zero attached hydrogens (tertiary/aromatic N) is 1. The van der Waals surface area contributed by atoms with Crippen molar-refractivity contribution in [2.24, 2.45) is 0 Å². The molecule has 0 spiro atoms. The molecule has 0 radical (unpaired) electrons. The third-order valence-corrected chi connectivity index (χ3v) is 3.00. The van der Waals surface area contributed by atoms with Crippen LogP contribution in [0.1, 0.15) is 19.3 Å². The first-order valence-electron chi connectivity index (χ1n) is 6.62. The lowest BCUT2D eigenvalue weighted by atomic mass is 10.2. The first kappa shape index (κ1) is 14.8. The molecule has 0 unspecified atom stereocenters. The summed E-state index contributed by atoms with van der Waals surface area (Å²) in [5, 5.41) is 11.2. The standard InChI is InChI=1S/C14H16N2O5/c17-12(5-2-6-13(18)19)15-10-3-1-4-11(9-10)16-7-8-21-14(16)20/h1,3-4,9H,2,5-8H2,(H,15,17)(H,18,19). The van der Waals surface area contributed by atoms with Gasteiger partial charge in [-0.3, -0.25) is 14.5 Å². The second-order valence-electron chi connectivity index (χ2n) is 4.61. The van der Waals surface area contributed by atoms with E-state index in [0.29, 0.717) is 30.9 Å². The average Bonchev–Trinajstić information content (AvgIpc) is 2.85. The van der Waals surface area contributed by atoms with E-state index in [2.05, 4.69) is 5.32 Å². The van der Waals surface area contributed by atoms with E-state index in [9.17, 15) is 14.4 Å². The van der Waals surface area contributed by atoms with Gasteiger partial charge in [0.15, 0.2) is 0 Å². The summed E-state index contributed by atoms with van der Waals surface area (Å²) < 4.78 is 4.86.